The van der Waals surface area contributed by atoms with Gasteiger partial charge in [-0.3, -0.25) is 19.3 Å². The Bertz CT molecular complexity index is 2080. The first-order valence-electron chi connectivity index (χ1n) is 14.2. The maximum atomic E-state index is 13.2. The predicted molar refractivity (Wildman–Crippen MR) is 170 cm³/mol. The zero-order chi connectivity index (χ0) is 30.4. The molecule has 2 atom stereocenters. The van der Waals surface area contributed by atoms with Gasteiger partial charge >= 0.3 is 0 Å². The van der Waals surface area contributed by atoms with Gasteiger partial charge in [-0.05, 0) is 48.4 Å². The van der Waals surface area contributed by atoms with Gasteiger partial charge in [0.25, 0.3) is 0 Å². The summed E-state index contributed by atoms with van der Waals surface area (Å²) in [6.45, 7) is 1.25. The number of nitrogens with zero attached hydrogens (tertiary/aromatic N) is 4. The highest BCUT2D eigenvalue weighted by Gasteiger charge is 2.34. The van der Waals surface area contributed by atoms with Crippen LogP contribution in [0.1, 0.15) is 27.8 Å². The Labute approximate surface area is 256 Å². The largest absolute Gasteiger partial charge is 0.383 e. The number of benzene rings is 3. The van der Waals surface area contributed by atoms with E-state index in [2.05, 4.69) is 25.2 Å². The highest BCUT2D eigenvalue weighted by Crippen LogP contribution is 2.31. The summed E-state index contributed by atoms with van der Waals surface area (Å²) in [5.41, 5.74) is 9.92. The number of carbonyl (C=O) groups excluding carboxylic acids is 3. The second-order valence-electron chi connectivity index (χ2n) is 11.2. The van der Waals surface area contributed by atoms with Crippen molar-refractivity contribution in [1.29, 1.82) is 0 Å². The van der Waals surface area contributed by atoms with Crippen LogP contribution in [0, 0.1) is 0 Å². The third-order valence-corrected chi connectivity index (χ3v) is 8.53. The fourth-order valence-corrected chi connectivity index (χ4v) is 6.53. The number of ketones is 1. The number of amides is 1. The second-order valence-corrected chi connectivity index (χ2v) is 11.6. The zero-order valence-corrected chi connectivity index (χ0v) is 24.3. The fraction of sp³-hybridized carbons (Fsp3) is 0.182. The molecule has 44 heavy (non-hydrogen) atoms. The molecule has 2 unspecified atom stereocenters. The molecule has 4 heterocycles. The third kappa shape index (κ3) is 5.18. The van der Waals surface area contributed by atoms with E-state index in [9.17, 15) is 14.4 Å². The maximum Gasteiger partial charge on any atom is 0.242 e. The molecule has 220 valence electrons. The molecule has 11 heteroatoms. The molecular weight excluding hydrogens is 578 g/mol. The van der Waals surface area contributed by atoms with Crippen LogP contribution in [0.25, 0.3) is 32.6 Å². The van der Waals surface area contributed by atoms with Crippen LogP contribution in [-0.4, -0.2) is 61.5 Å². The van der Waals surface area contributed by atoms with E-state index in [1.54, 1.807) is 0 Å². The summed E-state index contributed by atoms with van der Waals surface area (Å²) in [6.07, 6.45) is 4.11. The van der Waals surface area contributed by atoms with Gasteiger partial charge in [-0.1, -0.05) is 41.9 Å². The topological polar surface area (TPSA) is 139 Å². The van der Waals surface area contributed by atoms with Gasteiger partial charge in [0.2, 0.25) is 11.7 Å². The molecule has 10 nitrogen and oxygen atoms in total. The molecule has 3 aromatic heterocycles. The van der Waals surface area contributed by atoms with Crippen molar-refractivity contribution in [2.24, 2.45) is 0 Å². The van der Waals surface area contributed by atoms with Gasteiger partial charge in [0, 0.05) is 57.1 Å². The van der Waals surface area contributed by atoms with E-state index >= 15 is 0 Å². The fourth-order valence-electron chi connectivity index (χ4n) is 6.35. The van der Waals surface area contributed by atoms with Gasteiger partial charge in [0.05, 0.1) is 24.1 Å². The van der Waals surface area contributed by atoms with E-state index in [1.165, 1.54) is 6.33 Å². The van der Waals surface area contributed by atoms with Gasteiger partial charge in [0.1, 0.15) is 17.8 Å². The van der Waals surface area contributed by atoms with Crippen molar-refractivity contribution in [3.63, 3.8) is 0 Å². The van der Waals surface area contributed by atoms with Crippen LogP contribution in [0.15, 0.2) is 79.3 Å². The number of hydrogen-bond donors (Lipinski definition) is 3. The van der Waals surface area contributed by atoms with Crippen molar-refractivity contribution in [2.45, 2.75) is 25.0 Å². The highest BCUT2D eigenvalue weighted by atomic mass is 35.5. The average molecular weight is 606 g/mol. The number of H-pyrrole nitrogens is 1. The number of fused-ring (bicyclic) bond motifs is 3. The van der Waals surface area contributed by atoms with Gasteiger partial charge in [0.15, 0.2) is 6.29 Å². The summed E-state index contributed by atoms with van der Waals surface area (Å²) in [5, 5.41) is 7.10. The number of aromatic amines is 1. The maximum absolute atomic E-state index is 13.2. The molecule has 4 N–H and O–H groups in total. The minimum Gasteiger partial charge on any atom is -0.383 e. The Hall–Kier alpha value is -5.06. The molecule has 1 aliphatic rings. The van der Waals surface area contributed by atoms with Gasteiger partial charge in [-0.15, -0.1) is 0 Å². The predicted octanol–water partition coefficient (Wildman–Crippen LogP) is 4.47. The lowest BCUT2D eigenvalue weighted by molar-refractivity contribution is -0.126. The highest BCUT2D eigenvalue weighted by molar-refractivity contribution is 6.35. The number of halogens is 1. The number of nitrogens with two attached hydrogens (primary N) is 1. The van der Waals surface area contributed by atoms with Crippen molar-refractivity contribution in [3.05, 3.63) is 101 Å². The summed E-state index contributed by atoms with van der Waals surface area (Å²) in [4.78, 5) is 52.2. The van der Waals surface area contributed by atoms with Gasteiger partial charge in [-0.2, -0.15) is 0 Å². The number of piperazine rings is 1. The minimum atomic E-state index is -0.619. The third-order valence-electron chi connectivity index (χ3n) is 8.29. The smallest absolute Gasteiger partial charge is 0.242 e. The molecule has 7 rings (SSSR count). The lowest BCUT2D eigenvalue weighted by Crippen LogP contribution is -2.57. The monoisotopic (exact) mass is 605 g/mol. The number of aromatic nitrogens is 4. The minimum absolute atomic E-state index is 0.121. The lowest BCUT2D eigenvalue weighted by Gasteiger charge is -2.38. The number of Topliss-reactive ketones (excluding diaryl/α,β-unsaturated/α-hetero) is 1. The second kappa shape index (κ2) is 11.2. The molecule has 6 aromatic rings. The lowest BCUT2D eigenvalue weighted by atomic mass is 9.95. The van der Waals surface area contributed by atoms with Crippen LogP contribution in [-0.2, 0) is 22.6 Å². The molecule has 0 bridgehead atoms. The number of aldehydes is 1. The van der Waals surface area contributed by atoms with Crippen LogP contribution in [0.2, 0.25) is 5.02 Å². The molecule has 1 fully saturated rings. The SMILES string of the molecule is Nc1ncnc2cc(CC(C3CN(Cc4cc5cc(Cl)ccc5[nH]4)CC(=O)N3)n3cc4ccccc4c3C(=O)C=O)ccc12. The van der Waals surface area contributed by atoms with Crippen LogP contribution in [0.5, 0.6) is 0 Å². The molecule has 1 aliphatic heterocycles. The summed E-state index contributed by atoms with van der Waals surface area (Å²) < 4.78 is 1.86. The Morgan fingerprint density at radius 2 is 1.93 bits per heavy atom. The standard InChI is InChI=1S/C33H28ClN7O3/c34-22-6-8-26-21(11-22)12-23(38-26)14-40-15-28(39-31(44)16-40)29(10-19-5-7-25-27(9-19)36-18-37-33(25)35)41-13-20-3-1-2-4-24(20)32(41)30(43)17-42/h1-9,11-13,17-18,28-29,38H,10,14-16H2,(H,39,44)(H2,35,36,37). The van der Waals surface area contributed by atoms with Crippen molar-refractivity contribution in [2.75, 3.05) is 18.8 Å². The van der Waals surface area contributed by atoms with Crippen LogP contribution in [0.4, 0.5) is 5.82 Å². The average Bonchev–Trinajstić information content (AvgIpc) is 3.59. The molecule has 1 amide bonds. The van der Waals surface area contributed by atoms with E-state index in [0.717, 1.165) is 32.9 Å². The Morgan fingerprint density at radius 1 is 1.07 bits per heavy atom. The first kappa shape index (κ1) is 27.8. The summed E-state index contributed by atoms with van der Waals surface area (Å²) in [6, 6.07) is 20.2. The van der Waals surface area contributed by atoms with Crippen LogP contribution >= 0.6 is 11.6 Å². The molecule has 0 saturated carbocycles. The zero-order valence-electron chi connectivity index (χ0n) is 23.5. The van der Waals surface area contributed by atoms with E-state index in [0.29, 0.717) is 53.2 Å². The van der Waals surface area contributed by atoms with Crippen molar-refractivity contribution in [3.8, 4) is 0 Å². The van der Waals surface area contributed by atoms with Crippen LogP contribution in [0.3, 0.4) is 0 Å². The van der Waals surface area contributed by atoms with E-state index in [-0.39, 0.29) is 18.5 Å². The molecule has 1 saturated heterocycles. The summed E-state index contributed by atoms with van der Waals surface area (Å²) in [5.74, 6) is -0.349. The number of nitrogen functional groups attached to an aromatic ring is 1. The van der Waals surface area contributed by atoms with Crippen molar-refractivity contribution < 1.29 is 14.4 Å². The Morgan fingerprint density at radius 3 is 2.80 bits per heavy atom. The van der Waals surface area contributed by atoms with E-state index < -0.39 is 11.8 Å². The van der Waals surface area contributed by atoms with Gasteiger partial charge < -0.3 is 20.6 Å². The van der Waals surface area contributed by atoms with Crippen molar-refractivity contribution >= 4 is 68.0 Å². The molecule has 0 radical (unpaired) electrons. The Balaban J connectivity index is 1.28. The Kier molecular flexibility index (Phi) is 7.07. The quantitative estimate of drug-likeness (QED) is 0.132. The van der Waals surface area contributed by atoms with Crippen LogP contribution < -0.4 is 11.1 Å². The van der Waals surface area contributed by atoms with E-state index in [4.69, 9.17) is 17.3 Å². The molecule has 0 aliphatic carbocycles. The molecular formula is C33H28ClN7O3. The molecule has 0 spiro atoms. The number of nitrogens with one attached hydrogen (secondary N) is 2. The summed E-state index contributed by atoms with van der Waals surface area (Å²) >= 11 is 6.19. The molecule has 3 aromatic carbocycles. The number of carbonyl (C=O) groups is 3. The van der Waals surface area contributed by atoms with E-state index in [1.807, 2.05) is 77.5 Å². The van der Waals surface area contributed by atoms with Crippen molar-refractivity contribution in [1.82, 2.24) is 29.7 Å². The van der Waals surface area contributed by atoms with Gasteiger partial charge in [-0.25, -0.2) is 9.97 Å². The number of hydrogen-bond acceptors (Lipinski definition) is 7. The number of rotatable bonds is 8. The first-order chi connectivity index (χ1) is 21.4. The number of anilines is 1. The summed E-state index contributed by atoms with van der Waals surface area (Å²) in [7, 11) is 0. The normalized spacial score (nSPS) is 16.4. The first-order valence-corrected chi connectivity index (χ1v) is 14.6.